The van der Waals surface area contributed by atoms with E-state index in [1.54, 1.807) is 0 Å². The van der Waals surface area contributed by atoms with Gasteiger partial charge >= 0.3 is 5.97 Å². The number of amides is 1. The summed E-state index contributed by atoms with van der Waals surface area (Å²) in [6.07, 6.45) is 9.54. The van der Waals surface area contributed by atoms with Gasteiger partial charge in [-0.1, -0.05) is 45.4 Å². The first-order chi connectivity index (χ1) is 12.1. The molecule has 0 unspecified atom stereocenters. The number of rotatable bonds is 14. The Morgan fingerprint density at radius 2 is 1.56 bits per heavy atom. The number of carboxylic acids is 1. The number of piperazine rings is 1. The predicted octanol–water partition coefficient (Wildman–Crippen LogP) is 2.34. The van der Waals surface area contributed by atoms with Crippen LogP contribution in [0.5, 0.6) is 0 Å². The smallest absolute Gasteiger partial charge is 0.303 e. The molecule has 0 aromatic rings. The Balaban J connectivity index is 2.29. The second kappa shape index (κ2) is 14.1. The Hall–Kier alpha value is -1.14. The van der Waals surface area contributed by atoms with Gasteiger partial charge in [0.25, 0.3) is 0 Å². The number of carboxylic acid groups (broad SMARTS) is 1. The van der Waals surface area contributed by atoms with Gasteiger partial charge in [-0.25, -0.2) is 0 Å². The quantitative estimate of drug-likeness (QED) is 0.468. The van der Waals surface area contributed by atoms with Crippen LogP contribution in [0.15, 0.2) is 0 Å². The number of nitrogens with zero attached hydrogens (tertiary/aromatic N) is 2. The molecule has 0 aromatic heterocycles. The highest BCUT2D eigenvalue weighted by Gasteiger charge is 2.19. The van der Waals surface area contributed by atoms with Crippen molar-refractivity contribution in [3.8, 4) is 0 Å². The summed E-state index contributed by atoms with van der Waals surface area (Å²) in [5.74, 6) is -0.580. The van der Waals surface area contributed by atoms with E-state index in [1.165, 1.54) is 38.5 Å². The van der Waals surface area contributed by atoms with Gasteiger partial charge in [0, 0.05) is 32.6 Å². The maximum absolute atomic E-state index is 12.5. The van der Waals surface area contributed by atoms with Gasteiger partial charge in [-0.2, -0.15) is 0 Å². The molecule has 1 rings (SSSR count). The van der Waals surface area contributed by atoms with Crippen LogP contribution in [0.1, 0.15) is 64.7 Å². The molecule has 25 heavy (non-hydrogen) atoms. The summed E-state index contributed by atoms with van der Waals surface area (Å²) in [7, 11) is 0. The molecule has 1 heterocycles. The average molecular weight is 356 g/mol. The van der Waals surface area contributed by atoms with E-state index in [0.29, 0.717) is 19.5 Å². The van der Waals surface area contributed by atoms with Crippen LogP contribution in [0.3, 0.4) is 0 Å². The predicted molar refractivity (Wildman–Crippen MR) is 101 cm³/mol. The van der Waals surface area contributed by atoms with Crippen molar-refractivity contribution in [2.45, 2.75) is 64.7 Å². The van der Waals surface area contributed by atoms with Crippen LogP contribution in [0.25, 0.3) is 0 Å². The molecule has 0 saturated carbocycles. The van der Waals surface area contributed by atoms with Gasteiger partial charge in [0.2, 0.25) is 5.91 Å². The monoisotopic (exact) mass is 355 g/mol. The first-order valence-corrected chi connectivity index (χ1v) is 10.1. The molecule has 146 valence electrons. The molecule has 6 nitrogen and oxygen atoms in total. The van der Waals surface area contributed by atoms with E-state index in [4.69, 9.17) is 5.11 Å². The third kappa shape index (κ3) is 11.2. The van der Waals surface area contributed by atoms with Crippen molar-refractivity contribution in [2.24, 2.45) is 0 Å². The van der Waals surface area contributed by atoms with Crippen LogP contribution in [0, 0.1) is 0 Å². The molecule has 0 aliphatic carbocycles. The van der Waals surface area contributed by atoms with Crippen LogP contribution in [-0.4, -0.2) is 72.6 Å². The SMILES string of the molecule is CCCCCCCCCN(CCCC(=O)O)CC(=O)N1CCNCC1. The van der Waals surface area contributed by atoms with Crippen LogP contribution >= 0.6 is 0 Å². The Kier molecular flexibility index (Phi) is 12.3. The maximum atomic E-state index is 12.5. The summed E-state index contributed by atoms with van der Waals surface area (Å²) >= 11 is 0. The summed E-state index contributed by atoms with van der Waals surface area (Å²) < 4.78 is 0. The highest BCUT2D eigenvalue weighted by atomic mass is 16.4. The zero-order valence-corrected chi connectivity index (χ0v) is 16.0. The van der Waals surface area contributed by atoms with Gasteiger partial charge in [-0.15, -0.1) is 0 Å². The number of hydrogen-bond acceptors (Lipinski definition) is 4. The molecule has 1 saturated heterocycles. The van der Waals surface area contributed by atoms with Crippen molar-refractivity contribution >= 4 is 11.9 Å². The molecule has 1 aliphatic rings. The fourth-order valence-electron chi connectivity index (χ4n) is 3.22. The van der Waals surface area contributed by atoms with Gasteiger partial charge in [-0.3, -0.25) is 14.5 Å². The third-order valence-corrected chi connectivity index (χ3v) is 4.77. The number of carbonyl (C=O) groups is 2. The summed E-state index contributed by atoms with van der Waals surface area (Å²) in [5.41, 5.74) is 0. The lowest BCUT2D eigenvalue weighted by atomic mass is 10.1. The van der Waals surface area contributed by atoms with Crippen molar-refractivity contribution in [1.82, 2.24) is 15.1 Å². The standard InChI is InChI=1S/C19H37N3O3/c1-2-3-4-5-6-7-8-13-21(14-9-10-19(24)25)17-18(23)22-15-11-20-12-16-22/h20H,2-17H2,1H3,(H,24,25). The molecular weight excluding hydrogens is 318 g/mol. The van der Waals surface area contributed by atoms with Gasteiger partial charge in [-0.05, 0) is 25.9 Å². The molecule has 0 atom stereocenters. The molecule has 1 aliphatic heterocycles. The van der Waals surface area contributed by atoms with Crippen molar-refractivity contribution in [2.75, 3.05) is 45.8 Å². The van der Waals surface area contributed by atoms with Gasteiger partial charge < -0.3 is 15.3 Å². The number of carbonyl (C=O) groups excluding carboxylic acids is 1. The Morgan fingerprint density at radius 3 is 2.20 bits per heavy atom. The van der Waals surface area contributed by atoms with Crippen LogP contribution < -0.4 is 5.32 Å². The Bertz CT molecular complexity index is 371. The van der Waals surface area contributed by atoms with E-state index in [2.05, 4.69) is 17.1 Å². The topological polar surface area (TPSA) is 72.9 Å². The zero-order valence-electron chi connectivity index (χ0n) is 16.0. The normalized spacial score (nSPS) is 14.9. The Morgan fingerprint density at radius 1 is 0.960 bits per heavy atom. The summed E-state index contributed by atoms with van der Waals surface area (Å²) in [6.45, 7) is 7.52. The van der Waals surface area contributed by atoms with Gasteiger partial charge in [0.1, 0.15) is 0 Å². The number of hydrogen-bond donors (Lipinski definition) is 2. The fourth-order valence-corrected chi connectivity index (χ4v) is 3.22. The lowest BCUT2D eigenvalue weighted by Gasteiger charge is -2.30. The third-order valence-electron chi connectivity index (χ3n) is 4.77. The van der Waals surface area contributed by atoms with E-state index < -0.39 is 5.97 Å². The largest absolute Gasteiger partial charge is 0.481 e. The lowest BCUT2D eigenvalue weighted by molar-refractivity contribution is -0.137. The van der Waals surface area contributed by atoms with Crippen molar-refractivity contribution in [3.63, 3.8) is 0 Å². The molecule has 0 bridgehead atoms. The van der Waals surface area contributed by atoms with E-state index in [0.717, 1.165) is 39.1 Å². The first-order valence-electron chi connectivity index (χ1n) is 10.1. The Labute approximate surface area is 152 Å². The van der Waals surface area contributed by atoms with E-state index >= 15 is 0 Å². The molecular formula is C19H37N3O3. The second-order valence-corrected chi connectivity index (χ2v) is 7.03. The highest BCUT2D eigenvalue weighted by Crippen LogP contribution is 2.08. The molecule has 1 amide bonds. The summed E-state index contributed by atoms with van der Waals surface area (Å²) in [6, 6.07) is 0. The number of aliphatic carboxylic acids is 1. The minimum atomic E-state index is -0.760. The van der Waals surface area contributed by atoms with E-state index in [9.17, 15) is 9.59 Å². The number of unbranched alkanes of at least 4 members (excludes halogenated alkanes) is 6. The van der Waals surface area contributed by atoms with Crippen LogP contribution in [0.4, 0.5) is 0 Å². The molecule has 0 aromatic carbocycles. The van der Waals surface area contributed by atoms with Gasteiger partial charge in [0.05, 0.1) is 6.54 Å². The van der Waals surface area contributed by atoms with Crippen molar-refractivity contribution in [1.29, 1.82) is 0 Å². The first kappa shape index (κ1) is 21.9. The lowest BCUT2D eigenvalue weighted by Crippen LogP contribution is -2.49. The molecule has 6 heteroatoms. The summed E-state index contributed by atoms with van der Waals surface area (Å²) in [4.78, 5) is 27.3. The van der Waals surface area contributed by atoms with Gasteiger partial charge in [0.15, 0.2) is 0 Å². The average Bonchev–Trinajstić information content (AvgIpc) is 2.61. The van der Waals surface area contributed by atoms with E-state index in [-0.39, 0.29) is 12.3 Å². The van der Waals surface area contributed by atoms with E-state index in [1.807, 2.05) is 4.90 Å². The molecule has 0 radical (unpaired) electrons. The van der Waals surface area contributed by atoms with Crippen molar-refractivity contribution < 1.29 is 14.7 Å². The summed E-state index contributed by atoms with van der Waals surface area (Å²) in [5, 5.41) is 12.1. The molecule has 1 fully saturated rings. The second-order valence-electron chi connectivity index (χ2n) is 7.03. The molecule has 2 N–H and O–H groups in total. The minimum absolute atomic E-state index is 0.176. The van der Waals surface area contributed by atoms with Crippen LogP contribution in [0.2, 0.25) is 0 Å². The van der Waals surface area contributed by atoms with Crippen molar-refractivity contribution in [3.05, 3.63) is 0 Å². The number of nitrogens with one attached hydrogen (secondary N) is 1. The molecule has 0 spiro atoms. The zero-order chi connectivity index (χ0) is 18.3. The maximum Gasteiger partial charge on any atom is 0.303 e. The fraction of sp³-hybridized carbons (Fsp3) is 0.895. The minimum Gasteiger partial charge on any atom is -0.481 e. The van der Waals surface area contributed by atoms with Crippen LogP contribution in [-0.2, 0) is 9.59 Å². The highest BCUT2D eigenvalue weighted by molar-refractivity contribution is 5.78.